The number of thiophene rings is 1. The molecule has 0 atom stereocenters. The summed E-state index contributed by atoms with van der Waals surface area (Å²) in [6.07, 6.45) is 1.29. The van der Waals surface area contributed by atoms with E-state index in [4.69, 9.17) is 0 Å². The number of benzene rings is 2. The van der Waals surface area contributed by atoms with Crippen molar-refractivity contribution in [2.45, 2.75) is 0 Å². The van der Waals surface area contributed by atoms with Gasteiger partial charge in [-0.1, -0.05) is 12.1 Å². The number of nitrogens with one attached hydrogen (secondary N) is 1. The molecule has 0 saturated heterocycles. The van der Waals surface area contributed by atoms with Gasteiger partial charge in [0.15, 0.2) is 0 Å². The zero-order valence-corrected chi connectivity index (χ0v) is 13.8. The summed E-state index contributed by atoms with van der Waals surface area (Å²) in [5.41, 5.74) is 2.67. The highest BCUT2D eigenvalue weighted by Gasteiger charge is 2.13. The Morgan fingerprint density at radius 1 is 1.04 bits per heavy atom. The van der Waals surface area contributed by atoms with E-state index in [2.05, 4.69) is 10.5 Å². The highest BCUT2D eigenvalue weighted by atomic mass is 32.1. The fraction of sp³-hybridized carbons (Fsp3) is 0. The third-order valence-corrected chi connectivity index (χ3v) is 4.51. The monoisotopic (exact) mass is 370 g/mol. The molecule has 3 rings (SSSR count). The van der Waals surface area contributed by atoms with Crippen molar-refractivity contribution >= 4 is 44.9 Å². The van der Waals surface area contributed by atoms with Gasteiger partial charge >= 0.3 is 0 Å². The molecule has 1 amide bonds. The second kappa shape index (κ2) is 7.07. The highest BCUT2D eigenvalue weighted by Crippen LogP contribution is 2.28. The van der Waals surface area contributed by atoms with Crippen molar-refractivity contribution in [1.82, 2.24) is 5.43 Å². The summed E-state index contributed by atoms with van der Waals surface area (Å²) in [6, 6.07) is 11.7. The van der Waals surface area contributed by atoms with E-state index in [0.29, 0.717) is 15.8 Å². The molecule has 0 aliphatic heterocycles. The molecule has 1 aromatic heterocycles. The SMILES string of the molecule is O=C(NN=Cc1cccc([N+](=O)[O-])c1)c1cc2cc([N+](=O)[O-])ccc2s1. The van der Waals surface area contributed by atoms with Crippen LogP contribution in [0.2, 0.25) is 0 Å². The fourth-order valence-corrected chi connectivity index (χ4v) is 3.13. The van der Waals surface area contributed by atoms with Crippen LogP contribution in [0.15, 0.2) is 53.6 Å². The Bertz CT molecular complexity index is 1060. The summed E-state index contributed by atoms with van der Waals surface area (Å²) in [4.78, 5) is 33.0. The molecule has 0 radical (unpaired) electrons. The maximum Gasteiger partial charge on any atom is 0.281 e. The first kappa shape index (κ1) is 17.2. The average Bonchev–Trinajstić information content (AvgIpc) is 3.05. The fourth-order valence-electron chi connectivity index (χ4n) is 2.20. The molecule has 130 valence electrons. The van der Waals surface area contributed by atoms with Crippen molar-refractivity contribution in [3.8, 4) is 0 Å². The largest absolute Gasteiger partial charge is 0.281 e. The molecule has 3 aromatic rings. The molecule has 0 spiro atoms. The number of amides is 1. The number of nitro benzene ring substituents is 2. The molecular weight excluding hydrogens is 360 g/mol. The van der Waals surface area contributed by atoms with E-state index in [1.165, 1.54) is 47.9 Å². The first-order chi connectivity index (χ1) is 12.4. The molecule has 0 unspecified atom stereocenters. The van der Waals surface area contributed by atoms with Crippen molar-refractivity contribution in [3.63, 3.8) is 0 Å². The second-order valence-corrected chi connectivity index (χ2v) is 6.22. The number of hydrazone groups is 1. The number of hydrogen-bond acceptors (Lipinski definition) is 7. The van der Waals surface area contributed by atoms with Crippen LogP contribution in [-0.2, 0) is 0 Å². The Morgan fingerprint density at radius 3 is 2.50 bits per heavy atom. The molecule has 10 heteroatoms. The molecule has 0 saturated carbocycles. The molecule has 2 aromatic carbocycles. The van der Waals surface area contributed by atoms with Gasteiger partial charge in [0.05, 0.1) is 20.9 Å². The van der Waals surface area contributed by atoms with Gasteiger partial charge in [-0.2, -0.15) is 5.10 Å². The predicted molar refractivity (Wildman–Crippen MR) is 96.6 cm³/mol. The molecule has 9 nitrogen and oxygen atoms in total. The summed E-state index contributed by atoms with van der Waals surface area (Å²) >= 11 is 1.18. The Kier molecular flexibility index (Phi) is 4.67. The average molecular weight is 370 g/mol. The lowest BCUT2D eigenvalue weighted by Gasteiger charge is -1.96. The van der Waals surface area contributed by atoms with Crippen LogP contribution in [0.4, 0.5) is 11.4 Å². The minimum Gasteiger partial charge on any atom is -0.266 e. The van der Waals surface area contributed by atoms with Gasteiger partial charge in [-0.25, -0.2) is 5.43 Å². The third-order valence-electron chi connectivity index (χ3n) is 3.40. The summed E-state index contributed by atoms with van der Waals surface area (Å²) in [5.74, 6) is -0.476. The molecule has 0 fully saturated rings. The van der Waals surface area contributed by atoms with E-state index in [1.54, 1.807) is 18.2 Å². The van der Waals surface area contributed by atoms with E-state index in [0.717, 1.165) is 4.70 Å². The smallest absolute Gasteiger partial charge is 0.266 e. The minimum absolute atomic E-state index is 0.0500. The molecule has 26 heavy (non-hydrogen) atoms. The van der Waals surface area contributed by atoms with E-state index >= 15 is 0 Å². The van der Waals surface area contributed by atoms with Crippen LogP contribution < -0.4 is 5.43 Å². The summed E-state index contributed by atoms with van der Waals surface area (Å²) in [7, 11) is 0. The summed E-state index contributed by atoms with van der Waals surface area (Å²) < 4.78 is 0.739. The molecule has 0 aliphatic carbocycles. The van der Waals surface area contributed by atoms with Gasteiger partial charge in [0.25, 0.3) is 17.3 Å². The number of fused-ring (bicyclic) bond motifs is 1. The summed E-state index contributed by atoms with van der Waals surface area (Å²) in [5, 5.41) is 25.9. The van der Waals surface area contributed by atoms with Crippen LogP contribution in [0.1, 0.15) is 15.2 Å². The van der Waals surface area contributed by atoms with Crippen LogP contribution >= 0.6 is 11.3 Å². The van der Waals surface area contributed by atoms with E-state index in [1.807, 2.05) is 0 Å². The third kappa shape index (κ3) is 3.70. The zero-order valence-electron chi connectivity index (χ0n) is 13.0. The number of nitro groups is 2. The van der Waals surface area contributed by atoms with E-state index in [-0.39, 0.29) is 11.4 Å². The van der Waals surface area contributed by atoms with Crippen molar-refractivity contribution < 1.29 is 14.6 Å². The van der Waals surface area contributed by atoms with Crippen molar-refractivity contribution in [2.75, 3.05) is 0 Å². The van der Waals surface area contributed by atoms with Gasteiger partial charge in [-0.05, 0) is 12.1 Å². The van der Waals surface area contributed by atoms with Crippen LogP contribution in [0.25, 0.3) is 10.1 Å². The van der Waals surface area contributed by atoms with Gasteiger partial charge in [-0.15, -0.1) is 11.3 Å². The zero-order chi connectivity index (χ0) is 18.7. The van der Waals surface area contributed by atoms with Gasteiger partial charge in [0, 0.05) is 39.9 Å². The maximum absolute atomic E-state index is 12.1. The topological polar surface area (TPSA) is 128 Å². The molecule has 0 bridgehead atoms. The maximum atomic E-state index is 12.1. The van der Waals surface area contributed by atoms with Crippen LogP contribution in [-0.4, -0.2) is 22.0 Å². The molecule has 0 aliphatic rings. The van der Waals surface area contributed by atoms with Gasteiger partial charge in [-0.3, -0.25) is 25.0 Å². The molecular formula is C16H10N4O5S. The Labute approximate surface area is 149 Å². The number of nitrogens with zero attached hydrogens (tertiary/aromatic N) is 3. The quantitative estimate of drug-likeness (QED) is 0.418. The van der Waals surface area contributed by atoms with E-state index < -0.39 is 15.8 Å². The lowest BCUT2D eigenvalue weighted by Crippen LogP contribution is -2.16. The van der Waals surface area contributed by atoms with Gasteiger partial charge in [0.2, 0.25) is 0 Å². The highest BCUT2D eigenvalue weighted by molar-refractivity contribution is 7.20. The Balaban J connectivity index is 1.73. The lowest BCUT2D eigenvalue weighted by molar-refractivity contribution is -0.385. The molecule has 1 heterocycles. The van der Waals surface area contributed by atoms with Crippen molar-refractivity contribution in [2.24, 2.45) is 5.10 Å². The standard InChI is InChI=1S/C16H10N4O5S/c21-16(18-17-9-10-2-1-3-12(6-10)19(22)23)15-8-11-7-13(20(24)25)4-5-14(11)26-15/h1-9H,(H,18,21). The first-order valence-electron chi connectivity index (χ1n) is 7.20. The van der Waals surface area contributed by atoms with Crippen molar-refractivity contribution in [1.29, 1.82) is 0 Å². The second-order valence-electron chi connectivity index (χ2n) is 5.14. The number of hydrogen-bond donors (Lipinski definition) is 1. The van der Waals surface area contributed by atoms with Crippen molar-refractivity contribution in [3.05, 3.63) is 79.2 Å². The minimum atomic E-state index is -0.522. The first-order valence-corrected chi connectivity index (χ1v) is 8.01. The van der Waals surface area contributed by atoms with Gasteiger partial charge < -0.3 is 0 Å². The number of carbonyl (C=O) groups is 1. The number of non-ortho nitro benzene ring substituents is 2. The normalized spacial score (nSPS) is 10.9. The number of carbonyl (C=O) groups excluding carboxylic acids is 1. The van der Waals surface area contributed by atoms with Crippen LogP contribution in [0.5, 0.6) is 0 Å². The predicted octanol–water partition coefficient (Wildman–Crippen LogP) is 3.48. The Morgan fingerprint density at radius 2 is 1.77 bits per heavy atom. The lowest BCUT2D eigenvalue weighted by atomic mass is 10.2. The summed E-state index contributed by atoms with van der Waals surface area (Å²) in [6.45, 7) is 0. The number of rotatable bonds is 5. The van der Waals surface area contributed by atoms with Crippen LogP contribution in [0.3, 0.4) is 0 Å². The molecule has 1 N–H and O–H groups in total. The van der Waals surface area contributed by atoms with Gasteiger partial charge in [0.1, 0.15) is 0 Å². The van der Waals surface area contributed by atoms with Crippen LogP contribution in [0, 0.1) is 20.2 Å². The van der Waals surface area contributed by atoms with E-state index in [9.17, 15) is 25.0 Å². The Hall–Kier alpha value is -3.66.